The first-order chi connectivity index (χ1) is 16.4. The van der Waals surface area contributed by atoms with Gasteiger partial charge in [0.25, 0.3) is 0 Å². The number of hydrogen-bond donors (Lipinski definition) is 2. The lowest BCUT2D eigenvalue weighted by Crippen LogP contribution is -2.19. The van der Waals surface area contributed by atoms with Gasteiger partial charge in [0.05, 0.1) is 22.0 Å². The minimum absolute atomic E-state index is 0.389. The predicted molar refractivity (Wildman–Crippen MR) is 135 cm³/mol. The molecule has 2 N–H and O–H groups in total. The van der Waals surface area contributed by atoms with E-state index in [2.05, 4.69) is 25.6 Å². The lowest BCUT2D eigenvalue weighted by atomic mass is 10.1. The fourth-order valence-corrected chi connectivity index (χ4v) is 3.55. The molecule has 4 aromatic rings. The van der Waals surface area contributed by atoms with Gasteiger partial charge in [-0.15, -0.1) is 0 Å². The molecule has 0 unspecified atom stereocenters. The Morgan fingerprint density at radius 1 is 1.00 bits per heavy atom. The smallest absolute Gasteiger partial charge is 0.323 e. The molecule has 0 saturated carbocycles. The summed E-state index contributed by atoms with van der Waals surface area (Å²) in [5.74, 6) is 1.78. The van der Waals surface area contributed by atoms with E-state index in [0.717, 1.165) is 29.1 Å². The van der Waals surface area contributed by atoms with Crippen molar-refractivity contribution in [2.45, 2.75) is 20.3 Å². The lowest BCUT2D eigenvalue weighted by Gasteiger charge is -2.14. The van der Waals surface area contributed by atoms with Gasteiger partial charge in [0, 0.05) is 29.5 Å². The number of aryl methyl sites for hydroxylation is 2. The van der Waals surface area contributed by atoms with Crippen LogP contribution in [-0.4, -0.2) is 21.0 Å². The van der Waals surface area contributed by atoms with E-state index >= 15 is 0 Å². The highest BCUT2D eigenvalue weighted by Gasteiger charge is 2.13. The van der Waals surface area contributed by atoms with Crippen molar-refractivity contribution in [3.8, 4) is 22.9 Å². The Kier molecular flexibility index (Phi) is 7.25. The summed E-state index contributed by atoms with van der Waals surface area (Å²) in [6, 6.07) is 15.3. The van der Waals surface area contributed by atoms with E-state index in [1.165, 1.54) is 0 Å². The number of carbonyl (C=O) groups is 1. The van der Waals surface area contributed by atoms with Gasteiger partial charge in [-0.1, -0.05) is 30.1 Å². The number of halogens is 2. The standard InChI is InChI=1S/C25H21Cl2N5O2/c1-3-23-28-12-10-20(31-23)18-5-4-11-29-24(18)34-22-9-7-17(13-15(22)2)30-25(33)32-21-14-16(26)6-8-19(21)27/h4-14H,3H2,1-2H3,(H2,30,32,33). The zero-order valence-corrected chi connectivity index (χ0v) is 20.0. The van der Waals surface area contributed by atoms with Crippen LogP contribution in [0.5, 0.6) is 11.6 Å². The molecule has 7 nitrogen and oxygen atoms in total. The Hall–Kier alpha value is -3.68. The molecule has 0 aliphatic rings. The Balaban J connectivity index is 1.50. The highest BCUT2D eigenvalue weighted by Crippen LogP contribution is 2.33. The molecular weight excluding hydrogens is 473 g/mol. The van der Waals surface area contributed by atoms with Crippen molar-refractivity contribution in [1.82, 2.24) is 15.0 Å². The topological polar surface area (TPSA) is 89.0 Å². The van der Waals surface area contributed by atoms with Crippen LogP contribution in [0.4, 0.5) is 16.2 Å². The van der Waals surface area contributed by atoms with Crippen molar-refractivity contribution >= 4 is 40.6 Å². The maximum absolute atomic E-state index is 12.4. The highest BCUT2D eigenvalue weighted by molar-refractivity contribution is 6.35. The van der Waals surface area contributed by atoms with E-state index < -0.39 is 6.03 Å². The second kappa shape index (κ2) is 10.5. The molecule has 0 atom stereocenters. The maximum atomic E-state index is 12.4. The van der Waals surface area contributed by atoms with Crippen LogP contribution in [-0.2, 0) is 6.42 Å². The number of benzene rings is 2. The van der Waals surface area contributed by atoms with Gasteiger partial charge in [0.15, 0.2) is 0 Å². The Bertz CT molecular complexity index is 1350. The fraction of sp³-hybridized carbons (Fsp3) is 0.120. The normalized spacial score (nSPS) is 10.6. The Morgan fingerprint density at radius 3 is 2.65 bits per heavy atom. The molecule has 172 valence electrons. The highest BCUT2D eigenvalue weighted by atomic mass is 35.5. The van der Waals surface area contributed by atoms with Gasteiger partial charge < -0.3 is 15.4 Å². The molecule has 4 rings (SSSR count). The van der Waals surface area contributed by atoms with Gasteiger partial charge in [-0.05, 0) is 67.1 Å². The van der Waals surface area contributed by atoms with Gasteiger partial charge in [-0.25, -0.2) is 19.7 Å². The summed E-state index contributed by atoms with van der Waals surface area (Å²) in [7, 11) is 0. The summed E-state index contributed by atoms with van der Waals surface area (Å²) in [4.78, 5) is 25.6. The number of aromatic nitrogens is 3. The molecular formula is C25H21Cl2N5O2. The maximum Gasteiger partial charge on any atom is 0.323 e. The summed E-state index contributed by atoms with van der Waals surface area (Å²) in [6.45, 7) is 3.89. The predicted octanol–water partition coefficient (Wildman–Crippen LogP) is 7.15. The van der Waals surface area contributed by atoms with E-state index in [1.807, 2.05) is 32.0 Å². The molecule has 2 heterocycles. The summed E-state index contributed by atoms with van der Waals surface area (Å²) in [5.41, 5.74) is 3.32. The first-order valence-corrected chi connectivity index (χ1v) is 11.3. The second-order valence-electron chi connectivity index (χ2n) is 7.35. The number of rotatable bonds is 6. The van der Waals surface area contributed by atoms with Crippen LogP contribution in [0.2, 0.25) is 10.0 Å². The Labute approximate surface area is 207 Å². The molecule has 0 fully saturated rings. The van der Waals surface area contributed by atoms with Gasteiger partial charge in [0.1, 0.15) is 11.6 Å². The SMILES string of the molecule is CCc1nccc(-c2cccnc2Oc2ccc(NC(=O)Nc3cc(Cl)ccc3Cl)cc2C)n1. The molecule has 0 saturated heterocycles. The van der Waals surface area contributed by atoms with Gasteiger partial charge in [0.2, 0.25) is 5.88 Å². The number of urea groups is 1. The average molecular weight is 494 g/mol. The first-order valence-electron chi connectivity index (χ1n) is 10.5. The number of carbonyl (C=O) groups excluding carboxylic acids is 1. The van der Waals surface area contributed by atoms with Crippen LogP contribution in [0.1, 0.15) is 18.3 Å². The van der Waals surface area contributed by atoms with Gasteiger partial charge in [-0.3, -0.25) is 0 Å². The fourth-order valence-electron chi connectivity index (χ4n) is 3.21. The number of ether oxygens (including phenoxy) is 1. The molecule has 9 heteroatoms. The Morgan fingerprint density at radius 2 is 1.85 bits per heavy atom. The van der Waals surface area contributed by atoms with Crippen LogP contribution in [0.15, 0.2) is 67.0 Å². The van der Waals surface area contributed by atoms with E-state index in [1.54, 1.807) is 48.8 Å². The summed E-state index contributed by atoms with van der Waals surface area (Å²) < 4.78 is 6.12. The van der Waals surface area contributed by atoms with Gasteiger partial charge in [-0.2, -0.15) is 0 Å². The molecule has 2 amide bonds. The molecule has 2 aromatic carbocycles. The van der Waals surface area contributed by atoms with E-state index in [4.69, 9.17) is 27.9 Å². The monoisotopic (exact) mass is 493 g/mol. The quantitative estimate of drug-likeness (QED) is 0.297. The first kappa shape index (κ1) is 23.5. The second-order valence-corrected chi connectivity index (χ2v) is 8.20. The zero-order valence-electron chi connectivity index (χ0n) is 18.5. The van der Waals surface area contributed by atoms with E-state index in [-0.39, 0.29) is 0 Å². The van der Waals surface area contributed by atoms with Gasteiger partial charge >= 0.3 is 6.03 Å². The summed E-state index contributed by atoms with van der Waals surface area (Å²) in [5, 5.41) is 6.33. The minimum atomic E-state index is -0.445. The van der Waals surface area contributed by atoms with Crippen molar-refractivity contribution < 1.29 is 9.53 Å². The van der Waals surface area contributed by atoms with Crippen LogP contribution in [0.3, 0.4) is 0 Å². The average Bonchev–Trinajstić information content (AvgIpc) is 2.83. The van der Waals surface area contributed by atoms with Crippen molar-refractivity contribution in [1.29, 1.82) is 0 Å². The van der Waals surface area contributed by atoms with Crippen LogP contribution < -0.4 is 15.4 Å². The molecule has 0 aliphatic heterocycles. The van der Waals surface area contributed by atoms with Crippen LogP contribution in [0.25, 0.3) is 11.3 Å². The molecule has 0 bridgehead atoms. The van der Waals surface area contributed by atoms with Crippen molar-refractivity contribution in [2.24, 2.45) is 0 Å². The van der Waals surface area contributed by atoms with Crippen molar-refractivity contribution in [2.75, 3.05) is 10.6 Å². The minimum Gasteiger partial charge on any atom is -0.438 e. The summed E-state index contributed by atoms with van der Waals surface area (Å²) in [6.07, 6.45) is 4.12. The third kappa shape index (κ3) is 5.62. The number of anilines is 2. The molecule has 0 radical (unpaired) electrons. The zero-order chi connectivity index (χ0) is 24.1. The number of nitrogens with one attached hydrogen (secondary N) is 2. The van der Waals surface area contributed by atoms with Crippen LogP contribution >= 0.6 is 23.2 Å². The lowest BCUT2D eigenvalue weighted by molar-refractivity contribution is 0.262. The number of pyridine rings is 1. The van der Waals surface area contributed by atoms with E-state index in [9.17, 15) is 4.79 Å². The largest absolute Gasteiger partial charge is 0.438 e. The number of amides is 2. The third-order valence-corrected chi connectivity index (χ3v) is 5.45. The van der Waals surface area contributed by atoms with Crippen molar-refractivity contribution in [3.63, 3.8) is 0 Å². The molecule has 0 spiro atoms. The molecule has 2 aromatic heterocycles. The third-order valence-electron chi connectivity index (χ3n) is 4.88. The molecule has 34 heavy (non-hydrogen) atoms. The van der Waals surface area contributed by atoms with Crippen molar-refractivity contribution in [3.05, 3.63) is 88.4 Å². The van der Waals surface area contributed by atoms with Crippen LogP contribution in [0, 0.1) is 6.92 Å². The molecule has 0 aliphatic carbocycles. The van der Waals surface area contributed by atoms with E-state index in [0.29, 0.717) is 33.0 Å². The summed E-state index contributed by atoms with van der Waals surface area (Å²) >= 11 is 12.1. The number of nitrogens with zero attached hydrogens (tertiary/aromatic N) is 3. The number of hydrogen-bond acceptors (Lipinski definition) is 5.